The van der Waals surface area contributed by atoms with Crippen LogP contribution in [0.1, 0.15) is 37.7 Å². The van der Waals surface area contributed by atoms with Crippen LogP contribution in [0, 0.1) is 13.8 Å². The van der Waals surface area contributed by atoms with Gasteiger partial charge in [-0.25, -0.2) is 8.42 Å². The van der Waals surface area contributed by atoms with Gasteiger partial charge in [0.2, 0.25) is 5.91 Å². The van der Waals surface area contributed by atoms with Gasteiger partial charge in [-0.1, -0.05) is 0 Å². The summed E-state index contributed by atoms with van der Waals surface area (Å²) in [4.78, 5) is 19.3. The number of anilines is 1. The van der Waals surface area contributed by atoms with Crippen LogP contribution in [0.4, 0.5) is 5.69 Å². The molecule has 0 N–H and O–H groups in total. The van der Waals surface area contributed by atoms with Gasteiger partial charge in [-0.2, -0.15) is 5.10 Å². The van der Waals surface area contributed by atoms with E-state index in [0.29, 0.717) is 26.1 Å². The third-order valence-corrected chi connectivity index (χ3v) is 8.41. The Hall–Kier alpha value is -1.65. The van der Waals surface area contributed by atoms with Crippen LogP contribution in [0.15, 0.2) is 0 Å². The molecule has 3 aliphatic rings. The van der Waals surface area contributed by atoms with Gasteiger partial charge in [0.05, 0.1) is 53.4 Å². The normalized spacial score (nSPS) is 29.5. The first-order valence-electron chi connectivity index (χ1n) is 11.3. The molecule has 31 heavy (non-hydrogen) atoms. The van der Waals surface area contributed by atoms with Crippen molar-refractivity contribution in [3.8, 4) is 0 Å². The zero-order chi connectivity index (χ0) is 22.3. The van der Waals surface area contributed by atoms with E-state index in [0.717, 1.165) is 43.3 Å². The fourth-order valence-electron chi connectivity index (χ4n) is 5.24. The van der Waals surface area contributed by atoms with Crippen LogP contribution in [-0.4, -0.2) is 103 Å². The number of nitrogens with zero attached hydrogens (tertiary/aromatic N) is 5. The molecule has 0 radical (unpaired) electrons. The minimum Gasteiger partial charge on any atom is -0.372 e. The lowest BCUT2D eigenvalue weighted by molar-refractivity contribution is -0.144. The van der Waals surface area contributed by atoms with Crippen molar-refractivity contribution in [3.63, 3.8) is 0 Å². The molecule has 3 fully saturated rings. The summed E-state index contributed by atoms with van der Waals surface area (Å²) >= 11 is 0. The molecule has 174 valence electrons. The maximum atomic E-state index is 12.8. The second-order valence-electron chi connectivity index (χ2n) is 9.34. The number of hydrogen-bond acceptors (Lipinski definition) is 7. The quantitative estimate of drug-likeness (QED) is 0.660. The summed E-state index contributed by atoms with van der Waals surface area (Å²) in [6.07, 6.45) is 0.807. The smallest absolute Gasteiger partial charge is 0.236 e. The SMILES string of the molecule is Cc1nn(C2CCS(=O)(=O)C2)c(C)c1N1CCN(CC(=O)N2CC(C)OC(C)C2)CC1. The van der Waals surface area contributed by atoms with Gasteiger partial charge in [0.25, 0.3) is 0 Å². The minimum absolute atomic E-state index is 0.0605. The average Bonchev–Trinajstić information content (AvgIpc) is 3.20. The number of carbonyl (C=O) groups is 1. The Bertz CT molecular complexity index is 912. The lowest BCUT2D eigenvalue weighted by atomic mass is 10.2. The Labute approximate surface area is 185 Å². The van der Waals surface area contributed by atoms with Gasteiger partial charge in [-0.05, 0) is 34.1 Å². The van der Waals surface area contributed by atoms with E-state index in [2.05, 4.69) is 9.80 Å². The first kappa shape index (κ1) is 22.5. The zero-order valence-electron chi connectivity index (χ0n) is 19.1. The fraction of sp³-hybridized carbons (Fsp3) is 0.810. The third kappa shape index (κ3) is 4.90. The number of sulfone groups is 1. The van der Waals surface area contributed by atoms with Crippen molar-refractivity contribution in [1.82, 2.24) is 19.6 Å². The number of aryl methyl sites for hydroxylation is 1. The van der Waals surface area contributed by atoms with E-state index in [1.165, 1.54) is 0 Å². The van der Waals surface area contributed by atoms with E-state index in [4.69, 9.17) is 9.84 Å². The summed E-state index contributed by atoms with van der Waals surface area (Å²) in [5.74, 6) is 0.611. The molecule has 0 bridgehead atoms. The number of rotatable bonds is 4. The van der Waals surface area contributed by atoms with Crippen molar-refractivity contribution in [2.75, 3.05) is 62.2 Å². The topological polar surface area (TPSA) is 88.0 Å². The number of aromatic nitrogens is 2. The molecule has 1 aromatic heterocycles. The van der Waals surface area contributed by atoms with Gasteiger partial charge in [0.15, 0.2) is 9.84 Å². The van der Waals surface area contributed by atoms with Crippen LogP contribution in [0.25, 0.3) is 0 Å². The molecular weight excluding hydrogens is 418 g/mol. The van der Waals surface area contributed by atoms with Gasteiger partial charge in [0, 0.05) is 39.3 Å². The molecule has 0 aliphatic carbocycles. The van der Waals surface area contributed by atoms with E-state index in [1.54, 1.807) is 0 Å². The predicted octanol–water partition coefficient (Wildman–Crippen LogP) is 0.617. The molecule has 3 aliphatic heterocycles. The number of morpholine rings is 1. The summed E-state index contributed by atoms with van der Waals surface area (Å²) in [5.41, 5.74) is 3.11. The first-order chi connectivity index (χ1) is 14.6. The average molecular weight is 454 g/mol. The lowest BCUT2D eigenvalue weighted by Gasteiger charge is -2.39. The maximum Gasteiger partial charge on any atom is 0.236 e. The Morgan fingerprint density at radius 1 is 1.10 bits per heavy atom. The lowest BCUT2D eigenvalue weighted by Crippen LogP contribution is -2.54. The van der Waals surface area contributed by atoms with Gasteiger partial charge >= 0.3 is 0 Å². The van der Waals surface area contributed by atoms with E-state index in [-0.39, 0.29) is 35.7 Å². The Balaban J connectivity index is 1.35. The van der Waals surface area contributed by atoms with Crippen LogP contribution >= 0.6 is 0 Å². The highest BCUT2D eigenvalue weighted by molar-refractivity contribution is 7.91. The van der Waals surface area contributed by atoms with Crippen LogP contribution in [-0.2, 0) is 19.4 Å². The minimum atomic E-state index is -2.95. The number of amides is 1. The summed E-state index contributed by atoms with van der Waals surface area (Å²) in [6, 6.07) is -0.0605. The zero-order valence-corrected chi connectivity index (χ0v) is 19.9. The predicted molar refractivity (Wildman–Crippen MR) is 119 cm³/mol. The molecule has 1 aromatic rings. The number of ether oxygens (including phenoxy) is 1. The van der Waals surface area contributed by atoms with Crippen molar-refractivity contribution in [2.24, 2.45) is 0 Å². The van der Waals surface area contributed by atoms with Gasteiger partial charge in [-0.3, -0.25) is 14.4 Å². The van der Waals surface area contributed by atoms with Gasteiger partial charge < -0.3 is 14.5 Å². The summed E-state index contributed by atoms with van der Waals surface area (Å²) in [7, 11) is -2.95. The highest BCUT2D eigenvalue weighted by Crippen LogP contribution is 2.31. The largest absolute Gasteiger partial charge is 0.372 e. The van der Waals surface area contributed by atoms with E-state index in [1.807, 2.05) is 37.3 Å². The molecule has 3 unspecified atom stereocenters. The fourth-order valence-corrected chi connectivity index (χ4v) is 6.93. The second kappa shape index (κ2) is 8.71. The molecule has 0 spiro atoms. The summed E-state index contributed by atoms with van der Waals surface area (Å²) in [5, 5.41) is 4.70. The number of carbonyl (C=O) groups excluding carboxylic acids is 1. The van der Waals surface area contributed by atoms with Gasteiger partial charge in [0.1, 0.15) is 0 Å². The maximum absolute atomic E-state index is 12.8. The summed E-state index contributed by atoms with van der Waals surface area (Å²) < 4.78 is 31.5. The molecule has 4 heterocycles. The van der Waals surface area contributed by atoms with E-state index in [9.17, 15) is 13.2 Å². The van der Waals surface area contributed by atoms with Crippen molar-refractivity contribution in [3.05, 3.63) is 11.4 Å². The van der Waals surface area contributed by atoms with Crippen LogP contribution in [0.3, 0.4) is 0 Å². The molecule has 9 nitrogen and oxygen atoms in total. The van der Waals surface area contributed by atoms with Crippen molar-refractivity contribution < 1.29 is 17.9 Å². The summed E-state index contributed by atoms with van der Waals surface area (Å²) in [6.45, 7) is 13.2. The molecule has 1 amide bonds. The second-order valence-corrected chi connectivity index (χ2v) is 11.6. The molecule has 0 aromatic carbocycles. The Kier molecular flexibility index (Phi) is 6.33. The molecule has 3 saturated heterocycles. The Morgan fingerprint density at radius 3 is 2.32 bits per heavy atom. The number of hydrogen-bond donors (Lipinski definition) is 0. The van der Waals surface area contributed by atoms with Crippen molar-refractivity contribution in [2.45, 2.75) is 52.4 Å². The van der Waals surface area contributed by atoms with Gasteiger partial charge in [-0.15, -0.1) is 0 Å². The molecular formula is C21H35N5O4S. The molecule has 3 atom stereocenters. The highest BCUT2D eigenvalue weighted by Gasteiger charge is 2.33. The van der Waals surface area contributed by atoms with Crippen LogP contribution in [0.5, 0.6) is 0 Å². The van der Waals surface area contributed by atoms with E-state index >= 15 is 0 Å². The third-order valence-electron chi connectivity index (χ3n) is 6.66. The van der Waals surface area contributed by atoms with E-state index < -0.39 is 9.84 Å². The van der Waals surface area contributed by atoms with Crippen molar-refractivity contribution in [1.29, 1.82) is 0 Å². The monoisotopic (exact) mass is 453 g/mol. The van der Waals surface area contributed by atoms with Crippen LogP contribution in [0.2, 0.25) is 0 Å². The Morgan fingerprint density at radius 2 is 1.74 bits per heavy atom. The van der Waals surface area contributed by atoms with Crippen molar-refractivity contribution >= 4 is 21.4 Å². The molecule has 4 rings (SSSR count). The highest BCUT2D eigenvalue weighted by atomic mass is 32.2. The van der Waals surface area contributed by atoms with Crippen LogP contribution < -0.4 is 4.90 Å². The standard InChI is InChI=1S/C21H35N5O4S/c1-15-11-25(12-16(2)30-15)20(27)13-23-6-8-24(9-7-23)21-17(3)22-26(18(21)4)19-5-10-31(28,29)14-19/h15-16,19H,5-14H2,1-4H3. The first-order valence-corrected chi connectivity index (χ1v) is 13.1. The number of piperazine rings is 1. The molecule has 10 heteroatoms. The molecule has 0 saturated carbocycles.